The smallest absolute Gasteiger partial charge is 0.328 e. The summed E-state index contributed by atoms with van der Waals surface area (Å²) in [7, 11) is 0. The Morgan fingerprint density at radius 3 is 2.88 bits per heavy atom. The Balaban J connectivity index is 2.43. The van der Waals surface area contributed by atoms with Gasteiger partial charge in [-0.15, -0.1) is 0 Å². The highest BCUT2D eigenvalue weighted by molar-refractivity contribution is 5.86. The van der Waals surface area contributed by atoms with Crippen LogP contribution < -0.4 is 16.8 Å². The minimum absolute atomic E-state index is 0.0195. The Kier molecular flexibility index (Phi) is 4.74. The standard InChI is InChI=1S/C10H18N4O3/c1-6-5-8(15)14-7(9(16)17-6)3-2-4-13-10(11)12/h6-7H,2-5H2,1H3,(H,14,15)(H4,11,12,13). The largest absolute Gasteiger partial charge is 0.461 e. The number of hydrogen-bond donors (Lipinski definition) is 3. The van der Waals surface area contributed by atoms with Crippen LogP contribution in [0.15, 0.2) is 4.99 Å². The van der Waals surface area contributed by atoms with Crippen molar-refractivity contribution in [3.05, 3.63) is 0 Å². The number of amides is 1. The number of guanidine groups is 1. The molecule has 0 aromatic rings. The molecule has 17 heavy (non-hydrogen) atoms. The van der Waals surface area contributed by atoms with Crippen molar-refractivity contribution in [1.29, 1.82) is 0 Å². The van der Waals surface area contributed by atoms with Gasteiger partial charge in [-0.25, -0.2) is 4.79 Å². The number of nitrogens with two attached hydrogens (primary N) is 2. The van der Waals surface area contributed by atoms with Crippen LogP contribution in [0.2, 0.25) is 0 Å². The molecule has 0 aliphatic carbocycles. The third-order valence-electron chi connectivity index (χ3n) is 2.36. The van der Waals surface area contributed by atoms with Crippen LogP contribution in [0.3, 0.4) is 0 Å². The molecule has 1 fully saturated rings. The lowest BCUT2D eigenvalue weighted by Gasteiger charge is -2.13. The first-order valence-electron chi connectivity index (χ1n) is 5.54. The molecule has 1 rings (SSSR count). The molecule has 5 N–H and O–H groups in total. The lowest BCUT2D eigenvalue weighted by Crippen LogP contribution is -2.39. The van der Waals surface area contributed by atoms with Crippen molar-refractivity contribution in [3.63, 3.8) is 0 Å². The molecule has 0 spiro atoms. The van der Waals surface area contributed by atoms with Crippen molar-refractivity contribution in [3.8, 4) is 0 Å². The molecule has 0 aromatic carbocycles. The van der Waals surface area contributed by atoms with E-state index in [2.05, 4.69) is 10.3 Å². The number of carbonyl (C=O) groups is 2. The van der Waals surface area contributed by atoms with Gasteiger partial charge in [-0.3, -0.25) is 9.79 Å². The van der Waals surface area contributed by atoms with E-state index in [-0.39, 0.29) is 24.4 Å². The zero-order valence-corrected chi connectivity index (χ0v) is 9.81. The fraction of sp³-hybridized carbons (Fsp3) is 0.700. The predicted octanol–water partition coefficient (Wildman–Crippen LogP) is -1.14. The van der Waals surface area contributed by atoms with Crippen LogP contribution in [0, 0.1) is 0 Å². The van der Waals surface area contributed by atoms with Gasteiger partial charge in [0.15, 0.2) is 5.96 Å². The minimum atomic E-state index is -0.596. The molecule has 1 amide bonds. The van der Waals surface area contributed by atoms with Gasteiger partial charge in [0.25, 0.3) is 0 Å². The molecule has 96 valence electrons. The number of nitrogens with one attached hydrogen (secondary N) is 1. The van der Waals surface area contributed by atoms with E-state index >= 15 is 0 Å². The van der Waals surface area contributed by atoms with E-state index in [1.807, 2.05) is 0 Å². The number of esters is 1. The summed E-state index contributed by atoms with van der Waals surface area (Å²) in [6.45, 7) is 2.12. The van der Waals surface area contributed by atoms with Gasteiger partial charge in [0.1, 0.15) is 12.1 Å². The van der Waals surface area contributed by atoms with Gasteiger partial charge in [0, 0.05) is 6.54 Å². The van der Waals surface area contributed by atoms with Gasteiger partial charge in [0.2, 0.25) is 5.91 Å². The maximum absolute atomic E-state index is 11.6. The van der Waals surface area contributed by atoms with Gasteiger partial charge in [-0.2, -0.15) is 0 Å². The molecule has 0 bridgehead atoms. The summed E-state index contributed by atoms with van der Waals surface area (Å²) in [5.41, 5.74) is 10.3. The predicted molar refractivity (Wildman–Crippen MR) is 62.0 cm³/mol. The summed E-state index contributed by atoms with van der Waals surface area (Å²) in [6.07, 6.45) is 0.904. The summed E-state index contributed by atoms with van der Waals surface area (Å²) in [6, 6.07) is -0.596. The average molecular weight is 242 g/mol. The van der Waals surface area contributed by atoms with Gasteiger partial charge >= 0.3 is 5.97 Å². The molecule has 1 heterocycles. The van der Waals surface area contributed by atoms with Crippen LogP contribution >= 0.6 is 0 Å². The van der Waals surface area contributed by atoms with Crippen LogP contribution in [-0.4, -0.2) is 36.5 Å². The molecule has 0 aromatic heterocycles. The molecular formula is C10H18N4O3. The maximum atomic E-state index is 11.6. The Labute approximate surface area is 99.6 Å². The molecule has 7 nitrogen and oxygen atoms in total. The third kappa shape index (κ3) is 4.71. The first kappa shape index (κ1) is 13.3. The van der Waals surface area contributed by atoms with E-state index in [9.17, 15) is 9.59 Å². The van der Waals surface area contributed by atoms with Crippen LogP contribution in [-0.2, 0) is 14.3 Å². The molecule has 0 radical (unpaired) electrons. The van der Waals surface area contributed by atoms with Crippen molar-refractivity contribution in [2.45, 2.75) is 38.3 Å². The number of ether oxygens (including phenoxy) is 1. The van der Waals surface area contributed by atoms with E-state index in [0.29, 0.717) is 19.4 Å². The monoisotopic (exact) mass is 242 g/mol. The molecule has 1 aliphatic heterocycles. The number of aliphatic imine (C=N–C) groups is 1. The Morgan fingerprint density at radius 1 is 1.53 bits per heavy atom. The van der Waals surface area contributed by atoms with Crippen LogP contribution in [0.5, 0.6) is 0 Å². The molecule has 0 saturated carbocycles. The van der Waals surface area contributed by atoms with E-state index in [4.69, 9.17) is 16.2 Å². The van der Waals surface area contributed by atoms with Gasteiger partial charge in [0.05, 0.1) is 6.42 Å². The topological polar surface area (TPSA) is 120 Å². The van der Waals surface area contributed by atoms with Crippen LogP contribution in [0.4, 0.5) is 0 Å². The summed E-state index contributed by atoms with van der Waals surface area (Å²) in [4.78, 5) is 26.8. The van der Waals surface area contributed by atoms with E-state index in [1.165, 1.54) is 0 Å². The SMILES string of the molecule is CC1CC(=O)NC(CCCN=C(N)N)C(=O)O1. The van der Waals surface area contributed by atoms with Crippen molar-refractivity contribution in [2.24, 2.45) is 16.5 Å². The second-order valence-corrected chi connectivity index (χ2v) is 4.02. The maximum Gasteiger partial charge on any atom is 0.328 e. The summed E-state index contributed by atoms with van der Waals surface area (Å²) < 4.78 is 5.06. The zero-order valence-electron chi connectivity index (χ0n) is 9.81. The second kappa shape index (κ2) is 6.07. The fourth-order valence-corrected chi connectivity index (χ4v) is 1.59. The highest BCUT2D eigenvalue weighted by atomic mass is 16.5. The zero-order chi connectivity index (χ0) is 12.8. The Morgan fingerprint density at radius 2 is 2.24 bits per heavy atom. The molecule has 2 unspecified atom stereocenters. The Bertz CT molecular complexity index is 326. The van der Waals surface area contributed by atoms with E-state index in [0.717, 1.165) is 0 Å². The van der Waals surface area contributed by atoms with Crippen molar-refractivity contribution in [1.82, 2.24) is 5.32 Å². The molecule has 1 saturated heterocycles. The lowest BCUT2D eigenvalue weighted by atomic mass is 10.1. The number of hydrogen-bond acceptors (Lipinski definition) is 4. The molecule has 7 heteroatoms. The third-order valence-corrected chi connectivity index (χ3v) is 2.36. The lowest BCUT2D eigenvalue weighted by molar-refractivity contribution is -0.149. The molecule has 2 atom stereocenters. The quantitative estimate of drug-likeness (QED) is 0.249. The van der Waals surface area contributed by atoms with Crippen molar-refractivity contribution < 1.29 is 14.3 Å². The number of rotatable bonds is 4. The summed E-state index contributed by atoms with van der Waals surface area (Å²) >= 11 is 0. The minimum Gasteiger partial charge on any atom is -0.461 e. The number of cyclic esters (lactones) is 1. The highest BCUT2D eigenvalue weighted by Gasteiger charge is 2.28. The van der Waals surface area contributed by atoms with Crippen molar-refractivity contribution in [2.75, 3.05) is 6.54 Å². The second-order valence-electron chi connectivity index (χ2n) is 4.02. The first-order valence-corrected chi connectivity index (χ1v) is 5.54. The van der Waals surface area contributed by atoms with E-state index < -0.39 is 12.0 Å². The van der Waals surface area contributed by atoms with Crippen LogP contribution in [0.1, 0.15) is 26.2 Å². The summed E-state index contributed by atoms with van der Waals surface area (Å²) in [5.74, 6) is -0.547. The Hall–Kier alpha value is -1.79. The first-order chi connectivity index (χ1) is 7.99. The molecular weight excluding hydrogens is 224 g/mol. The summed E-state index contributed by atoms with van der Waals surface area (Å²) in [5, 5.41) is 2.62. The van der Waals surface area contributed by atoms with Gasteiger partial charge in [-0.05, 0) is 19.8 Å². The highest BCUT2D eigenvalue weighted by Crippen LogP contribution is 2.09. The van der Waals surface area contributed by atoms with Gasteiger partial charge in [-0.1, -0.05) is 0 Å². The normalized spacial score (nSPS) is 24.5. The number of carbonyl (C=O) groups excluding carboxylic acids is 2. The van der Waals surface area contributed by atoms with Gasteiger partial charge < -0.3 is 21.5 Å². The van der Waals surface area contributed by atoms with Crippen LogP contribution in [0.25, 0.3) is 0 Å². The molecule has 1 aliphatic rings. The van der Waals surface area contributed by atoms with Crippen molar-refractivity contribution >= 4 is 17.8 Å². The van der Waals surface area contributed by atoms with E-state index in [1.54, 1.807) is 6.92 Å². The fourth-order valence-electron chi connectivity index (χ4n) is 1.59. The average Bonchev–Trinajstić information content (AvgIpc) is 2.32. The number of nitrogens with zero attached hydrogens (tertiary/aromatic N) is 1.